The van der Waals surface area contributed by atoms with Gasteiger partial charge in [0.15, 0.2) is 0 Å². The zero-order chi connectivity index (χ0) is 9.68. The van der Waals surface area contributed by atoms with Crippen LogP contribution in [0.15, 0.2) is 6.07 Å². The van der Waals surface area contributed by atoms with Gasteiger partial charge in [0.2, 0.25) is 0 Å². The Hall–Kier alpha value is -1.03. The van der Waals surface area contributed by atoms with Crippen molar-refractivity contribution in [1.29, 1.82) is 0 Å². The second-order valence-electron chi connectivity index (χ2n) is 3.18. The summed E-state index contributed by atoms with van der Waals surface area (Å²) in [5.41, 5.74) is 1.05. The fourth-order valence-electron chi connectivity index (χ4n) is 1.26. The number of aryl methyl sites for hydroxylation is 2. The van der Waals surface area contributed by atoms with E-state index >= 15 is 0 Å². The predicted molar refractivity (Wildman–Crippen MR) is 55.0 cm³/mol. The Morgan fingerprint density at radius 2 is 2.23 bits per heavy atom. The summed E-state index contributed by atoms with van der Waals surface area (Å²) in [6.45, 7) is 4.03. The molecule has 0 aliphatic carbocycles. The SMILES string of the molecule is CNCCCNc1cc(C)nn1C. The van der Waals surface area contributed by atoms with E-state index in [0.29, 0.717) is 0 Å². The van der Waals surface area contributed by atoms with E-state index in [-0.39, 0.29) is 0 Å². The number of rotatable bonds is 5. The van der Waals surface area contributed by atoms with E-state index in [0.717, 1.165) is 31.0 Å². The van der Waals surface area contributed by atoms with Gasteiger partial charge >= 0.3 is 0 Å². The topological polar surface area (TPSA) is 41.9 Å². The van der Waals surface area contributed by atoms with Crippen molar-refractivity contribution in [2.45, 2.75) is 13.3 Å². The first-order chi connectivity index (χ1) is 6.24. The highest BCUT2D eigenvalue weighted by atomic mass is 15.3. The molecule has 1 rings (SSSR count). The van der Waals surface area contributed by atoms with Gasteiger partial charge in [-0.3, -0.25) is 4.68 Å². The molecule has 4 nitrogen and oxygen atoms in total. The molecule has 0 atom stereocenters. The lowest BCUT2D eigenvalue weighted by Gasteiger charge is -2.05. The zero-order valence-electron chi connectivity index (χ0n) is 8.59. The van der Waals surface area contributed by atoms with Crippen molar-refractivity contribution < 1.29 is 0 Å². The molecule has 74 valence electrons. The van der Waals surface area contributed by atoms with Crippen LogP contribution in [0.1, 0.15) is 12.1 Å². The van der Waals surface area contributed by atoms with Gasteiger partial charge in [0.25, 0.3) is 0 Å². The van der Waals surface area contributed by atoms with Crippen LogP contribution in [0.2, 0.25) is 0 Å². The molecule has 0 spiro atoms. The number of anilines is 1. The molecule has 1 aromatic heterocycles. The van der Waals surface area contributed by atoms with Crippen LogP contribution >= 0.6 is 0 Å². The Bertz CT molecular complexity index is 254. The highest BCUT2D eigenvalue weighted by Crippen LogP contribution is 2.07. The summed E-state index contributed by atoms with van der Waals surface area (Å²) in [6, 6.07) is 2.05. The first-order valence-corrected chi connectivity index (χ1v) is 4.63. The fraction of sp³-hybridized carbons (Fsp3) is 0.667. The van der Waals surface area contributed by atoms with Crippen LogP contribution in [-0.4, -0.2) is 29.9 Å². The van der Waals surface area contributed by atoms with Crippen molar-refractivity contribution in [3.63, 3.8) is 0 Å². The van der Waals surface area contributed by atoms with Gasteiger partial charge in [-0.15, -0.1) is 0 Å². The number of hydrogen-bond donors (Lipinski definition) is 2. The normalized spacial score (nSPS) is 10.4. The van der Waals surface area contributed by atoms with Crippen LogP contribution < -0.4 is 10.6 Å². The van der Waals surface area contributed by atoms with E-state index in [1.165, 1.54) is 0 Å². The third-order valence-electron chi connectivity index (χ3n) is 1.91. The summed E-state index contributed by atoms with van der Waals surface area (Å²) in [6.07, 6.45) is 1.13. The number of nitrogens with one attached hydrogen (secondary N) is 2. The lowest BCUT2D eigenvalue weighted by atomic mass is 10.4. The maximum atomic E-state index is 4.25. The monoisotopic (exact) mass is 182 g/mol. The third-order valence-corrected chi connectivity index (χ3v) is 1.91. The molecule has 0 unspecified atom stereocenters. The minimum Gasteiger partial charge on any atom is -0.370 e. The molecule has 0 amide bonds. The molecule has 0 bridgehead atoms. The van der Waals surface area contributed by atoms with Gasteiger partial charge in [-0.1, -0.05) is 0 Å². The van der Waals surface area contributed by atoms with E-state index in [2.05, 4.69) is 21.8 Å². The third kappa shape index (κ3) is 3.06. The van der Waals surface area contributed by atoms with Crippen LogP contribution in [-0.2, 0) is 7.05 Å². The summed E-state index contributed by atoms with van der Waals surface area (Å²) in [7, 11) is 3.92. The summed E-state index contributed by atoms with van der Waals surface area (Å²) < 4.78 is 1.87. The van der Waals surface area contributed by atoms with Crippen LogP contribution in [0.3, 0.4) is 0 Å². The molecule has 0 aromatic carbocycles. The fourth-order valence-corrected chi connectivity index (χ4v) is 1.26. The number of aromatic nitrogens is 2. The minimum absolute atomic E-state index is 0.986. The van der Waals surface area contributed by atoms with Crippen LogP contribution in [0.25, 0.3) is 0 Å². The van der Waals surface area contributed by atoms with Crippen molar-refractivity contribution in [2.75, 3.05) is 25.5 Å². The maximum Gasteiger partial charge on any atom is 0.124 e. The molecule has 13 heavy (non-hydrogen) atoms. The standard InChI is InChI=1S/C9H18N4/c1-8-7-9(13(3)12-8)11-6-4-5-10-2/h7,10-11H,4-6H2,1-3H3. The van der Waals surface area contributed by atoms with Crippen LogP contribution in [0.4, 0.5) is 5.82 Å². The molecule has 4 heteroatoms. The highest BCUT2D eigenvalue weighted by Gasteiger charge is 1.99. The van der Waals surface area contributed by atoms with E-state index in [1.54, 1.807) is 0 Å². The van der Waals surface area contributed by atoms with Gasteiger partial charge in [-0.25, -0.2) is 0 Å². The van der Waals surface area contributed by atoms with Gasteiger partial charge in [0, 0.05) is 19.7 Å². The molecule has 0 saturated heterocycles. The minimum atomic E-state index is 0.986. The molecule has 1 aromatic rings. The summed E-state index contributed by atoms with van der Waals surface area (Å²) in [5, 5.41) is 10.7. The maximum absolute atomic E-state index is 4.25. The Labute approximate surface area is 79.3 Å². The van der Waals surface area contributed by atoms with Crippen molar-refractivity contribution in [3.05, 3.63) is 11.8 Å². The Morgan fingerprint density at radius 3 is 2.77 bits per heavy atom. The van der Waals surface area contributed by atoms with Gasteiger partial charge in [-0.05, 0) is 26.9 Å². The second kappa shape index (κ2) is 4.87. The number of hydrogen-bond acceptors (Lipinski definition) is 3. The first-order valence-electron chi connectivity index (χ1n) is 4.63. The summed E-state index contributed by atoms with van der Waals surface area (Å²) in [4.78, 5) is 0. The zero-order valence-corrected chi connectivity index (χ0v) is 8.59. The quantitative estimate of drug-likeness (QED) is 0.660. The van der Waals surface area contributed by atoms with Gasteiger partial charge in [0.05, 0.1) is 5.69 Å². The van der Waals surface area contributed by atoms with E-state index in [9.17, 15) is 0 Å². The van der Waals surface area contributed by atoms with E-state index < -0.39 is 0 Å². The van der Waals surface area contributed by atoms with Crippen LogP contribution in [0, 0.1) is 6.92 Å². The van der Waals surface area contributed by atoms with Gasteiger partial charge in [0.1, 0.15) is 5.82 Å². The highest BCUT2D eigenvalue weighted by molar-refractivity contribution is 5.36. The van der Waals surface area contributed by atoms with Crippen LogP contribution in [0.5, 0.6) is 0 Å². The largest absolute Gasteiger partial charge is 0.370 e. The average Bonchev–Trinajstić information content (AvgIpc) is 2.39. The smallest absolute Gasteiger partial charge is 0.124 e. The molecule has 0 aliphatic rings. The lowest BCUT2D eigenvalue weighted by molar-refractivity contribution is 0.727. The Balaban J connectivity index is 2.32. The molecule has 1 heterocycles. The summed E-state index contributed by atoms with van der Waals surface area (Å²) >= 11 is 0. The molecule has 0 saturated carbocycles. The lowest BCUT2D eigenvalue weighted by Crippen LogP contribution is -2.14. The Morgan fingerprint density at radius 1 is 1.46 bits per heavy atom. The second-order valence-corrected chi connectivity index (χ2v) is 3.18. The van der Waals surface area contributed by atoms with Crippen molar-refractivity contribution in [1.82, 2.24) is 15.1 Å². The predicted octanol–water partition coefficient (Wildman–Crippen LogP) is 0.750. The average molecular weight is 182 g/mol. The molecular weight excluding hydrogens is 164 g/mol. The molecule has 0 aliphatic heterocycles. The van der Waals surface area contributed by atoms with Crippen molar-refractivity contribution in [3.8, 4) is 0 Å². The molecule has 0 radical (unpaired) electrons. The molecular formula is C9H18N4. The first kappa shape index (κ1) is 10.1. The Kier molecular flexibility index (Phi) is 3.76. The summed E-state index contributed by atoms with van der Waals surface area (Å²) in [5.74, 6) is 1.09. The van der Waals surface area contributed by atoms with Gasteiger partial charge < -0.3 is 10.6 Å². The van der Waals surface area contributed by atoms with Crippen molar-refractivity contribution in [2.24, 2.45) is 7.05 Å². The van der Waals surface area contributed by atoms with Crippen molar-refractivity contribution >= 4 is 5.82 Å². The van der Waals surface area contributed by atoms with E-state index in [1.807, 2.05) is 25.7 Å². The van der Waals surface area contributed by atoms with E-state index in [4.69, 9.17) is 0 Å². The number of nitrogens with zero attached hydrogens (tertiary/aromatic N) is 2. The molecule has 0 fully saturated rings. The van der Waals surface area contributed by atoms with Gasteiger partial charge in [-0.2, -0.15) is 5.10 Å². The molecule has 2 N–H and O–H groups in total.